The zero-order valence-electron chi connectivity index (χ0n) is 14.8. The monoisotopic (exact) mass is 470 g/mol. The van der Waals surface area contributed by atoms with Gasteiger partial charge >= 0.3 is 0 Å². The molecule has 1 atom stereocenters. The van der Waals surface area contributed by atoms with Gasteiger partial charge in [0, 0.05) is 17.1 Å². The Labute approximate surface area is 173 Å². The molecule has 5 nitrogen and oxygen atoms in total. The van der Waals surface area contributed by atoms with Crippen LogP contribution in [0.1, 0.15) is 24.3 Å². The maximum absolute atomic E-state index is 6.05. The van der Waals surface area contributed by atoms with Crippen molar-refractivity contribution in [3.8, 4) is 0 Å². The number of thiophene rings is 1. The number of rotatable bonds is 5. The topological polar surface area (TPSA) is 52.3 Å². The van der Waals surface area contributed by atoms with Crippen molar-refractivity contribution in [3.63, 3.8) is 0 Å². The van der Waals surface area contributed by atoms with Gasteiger partial charge in [-0.2, -0.15) is 0 Å². The fraction of sp³-hybridized carbons (Fsp3) is 0.471. The molecule has 0 bridgehead atoms. The third-order valence-electron chi connectivity index (χ3n) is 4.44. The van der Waals surface area contributed by atoms with E-state index in [-0.39, 0.29) is 6.10 Å². The molecular weight excluding hydrogens is 452 g/mol. The van der Waals surface area contributed by atoms with E-state index in [2.05, 4.69) is 51.0 Å². The average Bonchev–Trinajstić information content (AvgIpc) is 3.19. The molecule has 0 aliphatic carbocycles. The van der Waals surface area contributed by atoms with Crippen molar-refractivity contribution in [2.45, 2.75) is 43.3 Å². The lowest BCUT2D eigenvalue weighted by molar-refractivity contribution is 0.00203. The first-order valence-corrected chi connectivity index (χ1v) is 12.1. The Hall–Kier alpha value is -0.610. The van der Waals surface area contributed by atoms with E-state index >= 15 is 0 Å². The second kappa shape index (κ2) is 7.43. The Bertz CT molecular complexity index is 997. The molecule has 3 aromatic heterocycles. The summed E-state index contributed by atoms with van der Waals surface area (Å²) in [7, 11) is 0. The van der Waals surface area contributed by atoms with Gasteiger partial charge in [-0.3, -0.25) is 0 Å². The number of ether oxygens (including phenoxy) is 1. The summed E-state index contributed by atoms with van der Waals surface area (Å²) in [6.07, 6.45) is 3.20. The summed E-state index contributed by atoms with van der Waals surface area (Å²) < 4.78 is 9.07. The molecule has 0 radical (unpaired) electrons. The first-order valence-electron chi connectivity index (χ1n) is 8.30. The van der Waals surface area contributed by atoms with Crippen LogP contribution in [-0.2, 0) is 17.8 Å². The number of aromatic nitrogens is 4. The molecule has 1 aliphatic rings. The highest BCUT2D eigenvalue weighted by atomic mass is 79.9. The van der Waals surface area contributed by atoms with E-state index in [0.717, 1.165) is 42.8 Å². The molecule has 9 heteroatoms. The molecule has 1 aliphatic heterocycles. The van der Waals surface area contributed by atoms with E-state index in [1.165, 1.54) is 10.4 Å². The molecule has 0 saturated heterocycles. The number of nitrogens with zero attached hydrogens (tertiary/aromatic N) is 4. The molecule has 4 rings (SSSR count). The van der Waals surface area contributed by atoms with Gasteiger partial charge in [0.25, 0.3) is 0 Å². The van der Waals surface area contributed by atoms with Crippen molar-refractivity contribution in [1.29, 1.82) is 0 Å². The summed E-state index contributed by atoms with van der Waals surface area (Å²) in [4.78, 5) is 7.23. The number of hydrogen-bond acceptors (Lipinski definition) is 7. The molecule has 0 saturated carbocycles. The fourth-order valence-corrected chi connectivity index (χ4v) is 5.93. The first kappa shape index (κ1) is 18.7. The minimum Gasteiger partial charge on any atom is -0.372 e. The van der Waals surface area contributed by atoms with E-state index < -0.39 is 0 Å². The van der Waals surface area contributed by atoms with Crippen molar-refractivity contribution in [2.75, 3.05) is 12.0 Å². The van der Waals surface area contributed by atoms with Crippen molar-refractivity contribution in [2.24, 2.45) is 5.92 Å². The quantitative estimate of drug-likeness (QED) is 0.379. The summed E-state index contributed by atoms with van der Waals surface area (Å²) in [6, 6.07) is 0. The predicted octanol–water partition coefficient (Wildman–Crippen LogP) is 5.16. The SMILES string of the molecule is C=C(Br)CSc1nnc2c3c4c(sc3nc(SC)n12)CO[C@H](C(C)C)C4. The Morgan fingerprint density at radius 1 is 1.42 bits per heavy atom. The van der Waals surface area contributed by atoms with Crippen LogP contribution in [0.3, 0.4) is 0 Å². The number of hydrogen-bond donors (Lipinski definition) is 0. The Morgan fingerprint density at radius 2 is 2.23 bits per heavy atom. The van der Waals surface area contributed by atoms with Crippen molar-refractivity contribution in [3.05, 3.63) is 21.5 Å². The Balaban J connectivity index is 1.91. The molecule has 0 aromatic carbocycles. The third kappa shape index (κ3) is 3.22. The number of halogens is 1. The van der Waals surface area contributed by atoms with Crippen molar-refractivity contribution >= 4 is 66.7 Å². The molecule has 3 aromatic rings. The molecule has 0 spiro atoms. The molecule has 138 valence electrons. The van der Waals surface area contributed by atoms with Gasteiger partial charge in [-0.05, 0) is 22.2 Å². The highest BCUT2D eigenvalue weighted by Gasteiger charge is 2.28. The van der Waals surface area contributed by atoms with Gasteiger partial charge < -0.3 is 4.74 Å². The van der Waals surface area contributed by atoms with E-state index in [1.807, 2.05) is 6.26 Å². The average molecular weight is 471 g/mol. The highest BCUT2D eigenvalue weighted by molar-refractivity contribution is 9.11. The summed E-state index contributed by atoms with van der Waals surface area (Å²) in [5.74, 6) is 1.24. The zero-order chi connectivity index (χ0) is 18.4. The molecule has 0 fully saturated rings. The smallest absolute Gasteiger partial charge is 0.198 e. The second-order valence-electron chi connectivity index (χ2n) is 6.53. The van der Waals surface area contributed by atoms with Crippen molar-refractivity contribution < 1.29 is 4.74 Å². The molecule has 0 N–H and O–H groups in total. The van der Waals surface area contributed by atoms with Gasteiger partial charge in [-0.1, -0.05) is 59.9 Å². The minimum absolute atomic E-state index is 0.245. The normalized spacial score (nSPS) is 17.3. The van der Waals surface area contributed by atoms with Crippen LogP contribution >= 0.6 is 50.8 Å². The Kier molecular flexibility index (Phi) is 5.35. The maximum Gasteiger partial charge on any atom is 0.198 e. The van der Waals surface area contributed by atoms with Crippen LogP contribution in [-0.4, -0.2) is 37.7 Å². The molecule has 26 heavy (non-hydrogen) atoms. The lowest BCUT2D eigenvalue weighted by Gasteiger charge is -2.26. The molecule has 4 heterocycles. The van der Waals surface area contributed by atoms with E-state index in [1.54, 1.807) is 34.9 Å². The summed E-state index contributed by atoms with van der Waals surface area (Å²) >= 11 is 8.38. The van der Waals surface area contributed by atoms with Gasteiger partial charge in [0.15, 0.2) is 16.0 Å². The van der Waals surface area contributed by atoms with Crippen LogP contribution in [0, 0.1) is 5.92 Å². The standard InChI is InChI=1S/C17H19BrN4OS3/c1-8(2)11-5-10-12(6-23-11)26-15-13(10)14-20-21-17(25-7-9(3)18)22(14)16(19-15)24-4/h8,11H,3,5-7H2,1-2,4H3/t11-/m0/s1. The molecule has 0 unspecified atom stereocenters. The van der Waals surface area contributed by atoms with Crippen LogP contribution in [0.2, 0.25) is 0 Å². The van der Waals surface area contributed by atoms with Crippen LogP contribution in [0.15, 0.2) is 21.4 Å². The van der Waals surface area contributed by atoms with Crippen molar-refractivity contribution in [1.82, 2.24) is 19.6 Å². The second-order valence-corrected chi connectivity index (χ2v) is 10.4. The number of thioether (sulfide) groups is 2. The summed E-state index contributed by atoms with van der Waals surface area (Å²) in [5, 5.41) is 11.9. The summed E-state index contributed by atoms with van der Waals surface area (Å²) in [6.45, 7) is 8.99. The molecular formula is C17H19BrN4OS3. The van der Waals surface area contributed by atoms with Crippen LogP contribution in [0.25, 0.3) is 15.9 Å². The van der Waals surface area contributed by atoms with E-state index in [0.29, 0.717) is 12.5 Å². The third-order valence-corrected chi connectivity index (χ3v) is 7.84. The summed E-state index contributed by atoms with van der Waals surface area (Å²) in [5.41, 5.74) is 2.25. The predicted molar refractivity (Wildman–Crippen MR) is 114 cm³/mol. The molecule has 0 amide bonds. The van der Waals surface area contributed by atoms with E-state index in [9.17, 15) is 0 Å². The maximum atomic E-state index is 6.05. The van der Waals surface area contributed by atoms with Gasteiger partial charge in [-0.25, -0.2) is 9.38 Å². The fourth-order valence-electron chi connectivity index (χ4n) is 3.13. The largest absolute Gasteiger partial charge is 0.372 e. The first-order chi connectivity index (χ1) is 12.5. The zero-order valence-corrected chi connectivity index (χ0v) is 18.8. The lowest BCUT2D eigenvalue weighted by atomic mass is 9.96. The highest BCUT2D eigenvalue weighted by Crippen LogP contribution is 2.40. The van der Waals surface area contributed by atoms with E-state index in [4.69, 9.17) is 9.72 Å². The van der Waals surface area contributed by atoms with Gasteiger partial charge in [0.2, 0.25) is 0 Å². The van der Waals surface area contributed by atoms with Crippen LogP contribution in [0.5, 0.6) is 0 Å². The lowest BCUT2D eigenvalue weighted by Crippen LogP contribution is -2.26. The van der Waals surface area contributed by atoms with Gasteiger partial charge in [0.05, 0.1) is 18.1 Å². The van der Waals surface area contributed by atoms with Gasteiger partial charge in [-0.15, -0.1) is 21.5 Å². The number of fused-ring (bicyclic) bond motifs is 5. The van der Waals surface area contributed by atoms with Crippen LogP contribution in [0.4, 0.5) is 0 Å². The Morgan fingerprint density at radius 3 is 2.92 bits per heavy atom. The van der Waals surface area contributed by atoms with Crippen LogP contribution < -0.4 is 0 Å². The van der Waals surface area contributed by atoms with Gasteiger partial charge in [0.1, 0.15) is 4.83 Å². The minimum atomic E-state index is 0.245.